The van der Waals surface area contributed by atoms with Crippen LogP contribution in [0.25, 0.3) is 0 Å². The molecule has 1 saturated heterocycles. The zero-order chi connectivity index (χ0) is 19.6. The van der Waals surface area contributed by atoms with Gasteiger partial charge in [0, 0.05) is 18.8 Å². The Morgan fingerprint density at radius 3 is 2.26 bits per heavy atom. The van der Waals surface area contributed by atoms with Gasteiger partial charge in [-0.3, -0.25) is 0 Å². The molecular weight excluding hydrogens is 362 g/mol. The Labute approximate surface area is 160 Å². The maximum absolute atomic E-state index is 13.2. The van der Waals surface area contributed by atoms with E-state index in [0.717, 1.165) is 5.56 Å². The van der Waals surface area contributed by atoms with Crippen molar-refractivity contribution in [1.29, 1.82) is 0 Å². The van der Waals surface area contributed by atoms with Crippen LogP contribution in [-0.2, 0) is 10.0 Å². The Hall–Kier alpha value is -2.38. The molecule has 1 heterocycles. The summed E-state index contributed by atoms with van der Waals surface area (Å²) in [5, 5.41) is 2.85. The van der Waals surface area contributed by atoms with Gasteiger partial charge < -0.3 is 10.2 Å². The Morgan fingerprint density at radius 2 is 1.67 bits per heavy atom. The monoisotopic (exact) mass is 387 g/mol. The number of hydrogen-bond donors (Lipinski definition) is 1. The highest BCUT2D eigenvalue weighted by Gasteiger charge is 2.43. The van der Waals surface area contributed by atoms with E-state index in [-0.39, 0.29) is 23.4 Å². The van der Waals surface area contributed by atoms with E-state index in [1.165, 1.54) is 4.31 Å². The van der Waals surface area contributed by atoms with Crippen molar-refractivity contribution < 1.29 is 13.2 Å². The fourth-order valence-corrected chi connectivity index (χ4v) is 5.08. The maximum atomic E-state index is 13.2. The number of para-hydroxylation sites is 1. The molecule has 7 heteroatoms. The third kappa shape index (κ3) is 3.99. The van der Waals surface area contributed by atoms with Crippen molar-refractivity contribution in [3.8, 4) is 0 Å². The third-order valence-electron chi connectivity index (χ3n) is 4.69. The van der Waals surface area contributed by atoms with E-state index < -0.39 is 16.2 Å². The first kappa shape index (κ1) is 19.4. The highest BCUT2D eigenvalue weighted by Crippen LogP contribution is 2.29. The van der Waals surface area contributed by atoms with Crippen molar-refractivity contribution in [1.82, 2.24) is 9.21 Å². The second-order valence-corrected chi connectivity index (χ2v) is 8.97. The highest BCUT2D eigenvalue weighted by atomic mass is 32.2. The van der Waals surface area contributed by atoms with Crippen LogP contribution < -0.4 is 5.32 Å². The van der Waals surface area contributed by atoms with Crippen LogP contribution in [0.1, 0.15) is 19.4 Å². The van der Waals surface area contributed by atoms with E-state index in [1.54, 1.807) is 41.3 Å². The molecule has 2 amide bonds. The number of carbonyl (C=O) groups excluding carboxylic acids is 1. The van der Waals surface area contributed by atoms with E-state index in [2.05, 4.69) is 5.32 Å². The smallest absolute Gasteiger partial charge is 0.308 e. The predicted octanol–water partition coefficient (Wildman–Crippen LogP) is 3.52. The third-order valence-corrected chi connectivity index (χ3v) is 6.57. The topological polar surface area (TPSA) is 69.7 Å². The molecule has 0 spiro atoms. The number of sulfonamides is 1. The van der Waals surface area contributed by atoms with Gasteiger partial charge in [-0.15, -0.1) is 0 Å². The molecule has 3 rings (SSSR count). The first-order valence-corrected chi connectivity index (χ1v) is 10.5. The first-order valence-electron chi connectivity index (χ1n) is 9.02. The molecule has 2 aromatic rings. The lowest BCUT2D eigenvalue weighted by molar-refractivity contribution is 0.159. The number of nitrogens with zero attached hydrogens (tertiary/aromatic N) is 2. The number of anilines is 1. The van der Waals surface area contributed by atoms with Crippen molar-refractivity contribution >= 4 is 21.7 Å². The second-order valence-electron chi connectivity index (χ2n) is 7.08. The summed E-state index contributed by atoms with van der Waals surface area (Å²) < 4.78 is 27.7. The van der Waals surface area contributed by atoms with Crippen molar-refractivity contribution in [3.05, 3.63) is 60.2 Å². The van der Waals surface area contributed by atoms with Crippen LogP contribution in [0.2, 0.25) is 0 Å². The molecule has 1 aliphatic heterocycles. The lowest BCUT2D eigenvalue weighted by Gasteiger charge is -2.32. The van der Waals surface area contributed by atoms with Crippen molar-refractivity contribution in [3.63, 3.8) is 0 Å². The van der Waals surface area contributed by atoms with Crippen LogP contribution in [0.15, 0.2) is 59.5 Å². The zero-order valence-electron chi connectivity index (χ0n) is 15.8. The number of aryl methyl sites for hydroxylation is 1. The average Bonchev–Trinajstić information content (AvgIpc) is 3.09. The van der Waals surface area contributed by atoms with Gasteiger partial charge in [-0.25, -0.2) is 13.2 Å². The van der Waals surface area contributed by atoms with Crippen LogP contribution in [0.3, 0.4) is 0 Å². The Morgan fingerprint density at radius 1 is 1.04 bits per heavy atom. The molecular formula is C20H25N3O3S. The minimum absolute atomic E-state index is 0.0470. The number of rotatable bonds is 4. The number of hydrogen-bond acceptors (Lipinski definition) is 3. The molecule has 27 heavy (non-hydrogen) atoms. The largest absolute Gasteiger partial charge is 0.323 e. The second kappa shape index (κ2) is 7.70. The van der Waals surface area contributed by atoms with Gasteiger partial charge in [0.05, 0.1) is 4.90 Å². The first-order chi connectivity index (χ1) is 12.8. The summed E-state index contributed by atoms with van der Waals surface area (Å²) in [5.74, 6) is -0.0470. The van der Waals surface area contributed by atoms with Gasteiger partial charge in [0.1, 0.15) is 6.17 Å². The van der Waals surface area contributed by atoms with Gasteiger partial charge in [0.2, 0.25) is 10.0 Å². The molecule has 144 valence electrons. The summed E-state index contributed by atoms with van der Waals surface area (Å²) in [7, 11) is -3.68. The summed E-state index contributed by atoms with van der Waals surface area (Å²) >= 11 is 0. The minimum atomic E-state index is -3.68. The lowest BCUT2D eigenvalue weighted by Crippen LogP contribution is -2.48. The van der Waals surface area contributed by atoms with E-state index >= 15 is 0 Å². The zero-order valence-corrected chi connectivity index (χ0v) is 16.6. The predicted molar refractivity (Wildman–Crippen MR) is 106 cm³/mol. The fraction of sp³-hybridized carbons (Fsp3) is 0.350. The minimum Gasteiger partial charge on any atom is -0.308 e. The van der Waals surface area contributed by atoms with E-state index in [9.17, 15) is 13.2 Å². The van der Waals surface area contributed by atoms with Gasteiger partial charge in [-0.1, -0.05) is 49.7 Å². The highest BCUT2D eigenvalue weighted by molar-refractivity contribution is 7.89. The molecule has 1 fully saturated rings. The molecule has 2 aromatic carbocycles. The molecule has 0 radical (unpaired) electrons. The number of urea groups is 1. The van der Waals surface area contributed by atoms with Crippen LogP contribution in [-0.4, -0.2) is 42.9 Å². The van der Waals surface area contributed by atoms with Gasteiger partial charge >= 0.3 is 6.03 Å². The van der Waals surface area contributed by atoms with Crippen molar-refractivity contribution in [2.45, 2.75) is 31.8 Å². The fourth-order valence-electron chi connectivity index (χ4n) is 3.37. The van der Waals surface area contributed by atoms with Crippen LogP contribution >= 0.6 is 0 Å². The van der Waals surface area contributed by atoms with Crippen LogP contribution in [0, 0.1) is 12.8 Å². The summed E-state index contributed by atoms with van der Waals surface area (Å²) in [6, 6.07) is 15.7. The molecule has 1 atom stereocenters. The molecule has 6 nitrogen and oxygen atoms in total. The average molecular weight is 388 g/mol. The summed E-state index contributed by atoms with van der Waals surface area (Å²) in [4.78, 5) is 14.6. The van der Waals surface area contributed by atoms with E-state index in [1.807, 2.05) is 39.0 Å². The number of benzene rings is 2. The molecule has 0 saturated carbocycles. The van der Waals surface area contributed by atoms with E-state index in [4.69, 9.17) is 0 Å². The summed E-state index contributed by atoms with van der Waals surface area (Å²) in [5.41, 5.74) is 1.68. The summed E-state index contributed by atoms with van der Waals surface area (Å²) in [6.45, 7) is 6.40. The molecule has 0 aromatic heterocycles. The Balaban J connectivity index is 1.85. The molecule has 1 aliphatic rings. The molecule has 0 bridgehead atoms. The van der Waals surface area contributed by atoms with Gasteiger partial charge in [-0.05, 0) is 37.1 Å². The summed E-state index contributed by atoms with van der Waals surface area (Å²) in [6.07, 6.45) is -0.528. The maximum Gasteiger partial charge on any atom is 0.323 e. The van der Waals surface area contributed by atoms with Crippen LogP contribution in [0.4, 0.5) is 10.5 Å². The standard InChI is InChI=1S/C20H25N3O3S/c1-15(2)19-22(20(24)21-17-7-5-4-6-8-17)13-14-23(19)27(25,26)18-11-9-16(3)10-12-18/h4-12,15,19H,13-14H2,1-3H3,(H,21,24)/t19-/m1/s1. The molecule has 0 unspecified atom stereocenters. The lowest BCUT2D eigenvalue weighted by atomic mass is 10.1. The normalized spacial score (nSPS) is 18.1. The number of amides is 2. The Bertz CT molecular complexity index is 896. The van der Waals surface area contributed by atoms with Crippen LogP contribution in [0.5, 0.6) is 0 Å². The van der Waals surface area contributed by atoms with Crippen molar-refractivity contribution in [2.24, 2.45) is 5.92 Å². The SMILES string of the molecule is Cc1ccc(S(=O)(=O)N2CCN(C(=O)Nc3ccccc3)[C@H]2C(C)C)cc1. The van der Waals surface area contributed by atoms with Crippen molar-refractivity contribution in [2.75, 3.05) is 18.4 Å². The van der Waals surface area contributed by atoms with Gasteiger partial charge in [-0.2, -0.15) is 4.31 Å². The van der Waals surface area contributed by atoms with E-state index in [0.29, 0.717) is 12.2 Å². The molecule has 1 N–H and O–H groups in total. The number of carbonyl (C=O) groups is 1. The Kier molecular flexibility index (Phi) is 5.53. The molecule has 0 aliphatic carbocycles. The number of nitrogens with one attached hydrogen (secondary N) is 1. The van der Waals surface area contributed by atoms with Gasteiger partial charge in [0.25, 0.3) is 0 Å². The van der Waals surface area contributed by atoms with Gasteiger partial charge in [0.15, 0.2) is 0 Å². The quantitative estimate of drug-likeness (QED) is 0.873.